The largest absolute Gasteiger partial charge is 0.493 e. The van der Waals surface area contributed by atoms with Crippen molar-refractivity contribution in [2.24, 2.45) is 0 Å². The molecule has 1 rings (SSSR count). The van der Waals surface area contributed by atoms with E-state index >= 15 is 0 Å². The second-order valence-corrected chi connectivity index (χ2v) is 5.28. The lowest BCUT2D eigenvalue weighted by Gasteiger charge is -2.14. The quantitative estimate of drug-likeness (QED) is 0.590. The molecule has 0 N–H and O–H groups in total. The molecular formula is C14H19BrO3. The van der Waals surface area contributed by atoms with Crippen LogP contribution in [-0.4, -0.2) is 19.7 Å². The normalized spacial score (nSPS) is 10.5. The molecular weight excluding hydrogens is 296 g/mol. The zero-order valence-electron chi connectivity index (χ0n) is 11.0. The van der Waals surface area contributed by atoms with Gasteiger partial charge in [-0.25, -0.2) is 0 Å². The third kappa shape index (κ3) is 4.69. The van der Waals surface area contributed by atoms with Crippen molar-refractivity contribution in [3.8, 4) is 5.75 Å². The summed E-state index contributed by atoms with van der Waals surface area (Å²) in [7, 11) is 1.40. The van der Waals surface area contributed by atoms with Crippen molar-refractivity contribution < 1.29 is 14.3 Å². The highest BCUT2D eigenvalue weighted by molar-refractivity contribution is 9.10. The van der Waals surface area contributed by atoms with Gasteiger partial charge in [0.1, 0.15) is 5.75 Å². The molecule has 0 spiro atoms. The molecule has 0 atom stereocenters. The number of hydrogen-bond acceptors (Lipinski definition) is 3. The summed E-state index contributed by atoms with van der Waals surface area (Å²) in [6.07, 6.45) is 1.06. The highest BCUT2D eigenvalue weighted by Crippen LogP contribution is 2.29. The van der Waals surface area contributed by atoms with E-state index in [2.05, 4.69) is 40.6 Å². The van der Waals surface area contributed by atoms with Crippen LogP contribution in [0.3, 0.4) is 0 Å². The summed E-state index contributed by atoms with van der Waals surface area (Å²) in [5, 5.41) is 0. The Morgan fingerprint density at radius 1 is 1.39 bits per heavy atom. The van der Waals surface area contributed by atoms with Crippen LogP contribution in [0.4, 0.5) is 0 Å². The first-order valence-corrected chi connectivity index (χ1v) is 6.83. The van der Waals surface area contributed by atoms with Crippen LogP contribution in [0, 0.1) is 0 Å². The molecule has 4 heteroatoms. The summed E-state index contributed by atoms with van der Waals surface area (Å²) >= 11 is 3.46. The van der Waals surface area contributed by atoms with Crippen LogP contribution in [0.5, 0.6) is 5.75 Å². The maximum absolute atomic E-state index is 11.0. The van der Waals surface area contributed by atoms with E-state index in [-0.39, 0.29) is 5.97 Å². The van der Waals surface area contributed by atoms with E-state index in [1.165, 1.54) is 12.7 Å². The number of esters is 1. The van der Waals surface area contributed by atoms with Crippen LogP contribution in [-0.2, 0) is 9.53 Å². The number of benzene rings is 1. The first-order valence-electron chi connectivity index (χ1n) is 6.03. The summed E-state index contributed by atoms with van der Waals surface area (Å²) in [5.74, 6) is 1.09. The second-order valence-electron chi connectivity index (χ2n) is 4.36. The zero-order chi connectivity index (χ0) is 13.5. The summed E-state index contributed by atoms with van der Waals surface area (Å²) in [4.78, 5) is 11.0. The number of halogens is 1. The molecule has 0 aliphatic rings. The van der Waals surface area contributed by atoms with E-state index in [0.29, 0.717) is 25.4 Å². The van der Waals surface area contributed by atoms with Crippen LogP contribution in [0.15, 0.2) is 22.7 Å². The molecule has 3 nitrogen and oxygen atoms in total. The van der Waals surface area contributed by atoms with Gasteiger partial charge in [0.15, 0.2) is 0 Å². The van der Waals surface area contributed by atoms with Gasteiger partial charge in [-0.1, -0.05) is 29.8 Å². The zero-order valence-corrected chi connectivity index (χ0v) is 12.6. The van der Waals surface area contributed by atoms with E-state index in [0.717, 1.165) is 10.2 Å². The monoisotopic (exact) mass is 314 g/mol. The van der Waals surface area contributed by atoms with Crippen molar-refractivity contribution in [2.45, 2.75) is 32.6 Å². The Morgan fingerprint density at radius 2 is 2.11 bits per heavy atom. The molecule has 0 aliphatic carbocycles. The SMILES string of the molecule is COC(=O)CCCOc1ccc(Br)cc1C(C)C. The summed E-state index contributed by atoms with van der Waals surface area (Å²) in [6.45, 7) is 4.78. The third-order valence-corrected chi connectivity index (χ3v) is 3.10. The van der Waals surface area contributed by atoms with Crippen molar-refractivity contribution in [1.82, 2.24) is 0 Å². The van der Waals surface area contributed by atoms with E-state index in [1.54, 1.807) is 0 Å². The second kappa shape index (κ2) is 7.41. The Balaban J connectivity index is 2.54. The predicted octanol–water partition coefficient (Wildman–Crippen LogP) is 3.90. The molecule has 0 aliphatic heterocycles. The molecule has 0 fully saturated rings. The van der Waals surface area contributed by atoms with Gasteiger partial charge in [-0.05, 0) is 36.1 Å². The molecule has 0 saturated carbocycles. The highest BCUT2D eigenvalue weighted by atomic mass is 79.9. The van der Waals surface area contributed by atoms with Crippen LogP contribution in [0.2, 0.25) is 0 Å². The molecule has 100 valence electrons. The molecule has 0 unspecified atom stereocenters. The smallest absolute Gasteiger partial charge is 0.305 e. The van der Waals surface area contributed by atoms with Crippen molar-refractivity contribution in [2.75, 3.05) is 13.7 Å². The first-order chi connectivity index (χ1) is 8.54. The van der Waals surface area contributed by atoms with E-state index in [9.17, 15) is 4.79 Å². The molecule has 0 radical (unpaired) electrons. The van der Waals surface area contributed by atoms with Gasteiger partial charge in [-0.3, -0.25) is 4.79 Å². The van der Waals surface area contributed by atoms with Gasteiger partial charge in [0.2, 0.25) is 0 Å². The van der Waals surface area contributed by atoms with Crippen molar-refractivity contribution in [3.63, 3.8) is 0 Å². The van der Waals surface area contributed by atoms with Crippen LogP contribution in [0.25, 0.3) is 0 Å². The fraction of sp³-hybridized carbons (Fsp3) is 0.500. The summed E-state index contributed by atoms with van der Waals surface area (Å²) in [5.41, 5.74) is 1.17. The van der Waals surface area contributed by atoms with Crippen molar-refractivity contribution in [3.05, 3.63) is 28.2 Å². The Bertz CT molecular complexity index is 402. The van der Waals surface area contributed by atoms with Gasteiger partial charge in [-0.2, -0.15) is 0 Å². The number of rotatable bonds is 6. The van der Waals surface area contributed by atoms with Gasteiger partial charge >= 0.3 is 5.97 Å². The average Bonchev–Trinajstić information content (AvgIpc) is 2.35. The minimum absolute atomic E-state index is 0.196. The number of carbonyl (C=O) groups excluding carboxylic acids is 1. The number of ether oxygens (including phenoxy) is 2. The number of methoxy groups -OCH3 is 1. The predicted molar refractivity (Wildman–Crippen MR) is 75.0 cm³/mol. The lowest BCUT2D eigenvalue weighted by Crippen LogP contribution is -2.06. The van der Waals surface area contributed by atoms with Gasteiger partial charge in [0, 0.05) is 10.9 Å². The van der Waals surface area contributed by atoms with Crippen molar-refractivity contribution in [1.29, 1.82) is 0 Å². The third-order valence-electron chi connectivity index (χ3n) is 2.60. The fourth-order valence-corrected chi connectivity index (χ4v) is 1.98. The van der Waals surface area contributed by atoms with Gasteiger partial charge in [0.25, 0.3) is 0 Å². The molecule has 0 aromatic heterocycles. The van der Waals surface area contributed by atoms with Crippen LogP contribution in [0.1, 0.15) is 38.2 Å². The summed E-state index contributed by atoms with van der Waals surface area (Å²) in [6, 6.07) is 5.99. The highest BCUT2D eigenvalue weighted by Gasteiger charge is 2.09. The molecule has 18 heavy (non-hydrogen) atoms. The Labute approximate surface area is 117 Å². The minimum Gasteiger partial charge on any atom is -0.493 e. The standard InChI is InChI=1S/C14H19BrO3/c1-10(2)12-9-11(15)6-7-13(12)18-8-4-5-14(16)17-3/h6-7,9-10H,4-5,8H2,1-3H3. The maximum atomic E-state index is 11.0. The Hall–Kier alpha value is -1.03. The molecule has 0 saturated heterocycles. The van der Waals surface area contributed by atoms with Gasteiger partial charge < -0.3 is 9.47 Å². The Kier molecular flexibility index (Phi) is 6.19. The Morgan fingerprint density at radius 3 is 2.72 bits per heavy atom. The number of hydrogen-bond donors (Lipinski definition) is 0. The number of carbonyl (C=O) groups is 1. The summed E-state index contributed by atoms with van der Waals surface area (Å²) < 4.78 is 11.3. The van der Waals surface area contributed by atoms with Crippen molar-refractivity contribution >= 4 is 21.9 Å². The van der Waals surface area contributed by atoms with E-state index < -0.39 is 0 Å². The molecule has 1 aromatic carbocycles. The molecule has 0 amide bonds. The van der Waals surface area contributed by atoms with Gasteiger partial charge in [0.05, 0.1) is 13.7 Å². The van der Waals surface area contributed by atoms with E-state index in [4.69, 9.17) is 4.74 Å². The maximum Gasteiger partial charge on any atom is 0.305 e. The molecule has 1 aromatic rings. The fourth-order valence-electron chi connectivity index (χ4n) is 1.60. The lowest BCUT2D eigenvalue weighted by atomic mass is 10.0. The molecule has 0 heterocycles. The van der Waals surface area contributed by atoms with Crippen LogP contribution >= 0.6 is 15.9 Å². The van der Waals surface area contributed by atoms with Crippen LogP contribution < -0.4 is 4.74 Å². The minimum atomic E-state index is -0.196. The average molecular weight is 315 g/mol. The lowest BCUT2D eigenvalue weighted by molar-refractivity contribution is -0.140. The first kappa shape index (κ1) is 15.0. The van der Waals surface area contributed by atoms with Gasteiger partial charge in [-0.15, -0.1) is 0 Å². The topological polar surface area (TPSA) is 35.5 Å². The van der Waals surface area contributed by atoms with E-state index in [1.807, 2.05) is 12.1 Å². The molecule has 0 bridgehead atoms.